The molecule has 1 atom stereocenters. The highest BCUT2D eigenvalue weighted by Gasteiger charge is 2.25. The van der Waals surface area contributed by atoms with Crippen LogP contribution in [-0.2, 0) is 6.42 Å². The zero-order valence-electron chi connectivity index (χ0n) is 13.7. The predicted octanol–water partition coefficient (Wildman–Crippen LogP) is 3.11. The summed E-state index contributed by atoms with van der Waals surface area (Å²) in [6.45, 7) is 0.551. The van der Waals surface area contributed by atoms with Crippen LogP contribution in [0.15, 0.2) is 71.5 Å². The van der Waals surface area contributed by atoms with Crippen molar-refractivity contribution >= 4 is 5.91 Å². The molecule has 4 heteroatoms. The average Bonchev–Trinajstić information content (AvgIpc) is 2.63. The zero-order chi connectivity index (χ0) is 17.2. The van der Waals surface area contributed by atoms with Crippen LogP contribution in [0.3, 0.4) is 0 Å². The summed E-state index contributed by atoms with van der Waals surface area (Å²) in [5, 5.41) is 2.88. The van der Waals surface area contributed by atoms with Gasteiger partial charge in [0.05, 0.1) is 0 Å². The first-order valence-corrected chi connectivity index (χ1v) is 8.37. The molecule has 0 radical (unpaired) electrons. The molecule has 2 aromatic carbocycles. The number of benzene rings is 2. The molecule has 1 aromatic heterocycles. The molecule has 4 nitrogen and oxygen atoms in total. The molecule has 0 fully saturated rings. The van der Waals surface area contributed by atoms with Gasteiger partial charge in [-0.15, -0.1) is 0 Å². The van der Waals surface area contributed by atoms with Crippen molar-refractivity contribution in [3.05, 3.63) is 93.8 Å². The van der Waals surface area contributed by atoms with Gasteiger partial charge in [0, 0.05) is 18.2 Å². The Hall–Kier alpha value is -3.14. The van der Waals surface area contributed by atoms with Crippen molar-refractivity contribution in [2.24, 2.45) is 0 Å². The van der Waals surface area contributed by atoms with Crippen LogP contribution in [0.25, 0.3) is 11.3 Å². The fourth-order valence-corrected chi connectivity index (χ4v) is 3.29. The van der Waals surface area contributed by atoms with Crippen LogP contribution in [0.2, 0.25) is 0 Å². The third-order valence-electron chi connectivity index (χ3n) is 4.71. The van der Waals surface area contributed by atoms with Crippen LogP contribution < -0.4 is 10.9 Å². The number of H-pyrrole nitrogens is 1. The van der Waals surface area contributed by atoms with Gasteiger partial charge in [-0.05, 0) is 35.2 Å². The first kappa shape index (κ1) is 15.4. The Labute approximate surface area is 145 Å². The zero-order valence-corrected chi connectivity index (χ0v) is 13.7. The highest BCUT2D eigenvalue weighted by molar-refractivity contribution is 5.94. The number of rotatable bonds is 4. The number of aromatic amines is 1. The molecule has 2 N–H and O–H groups in total. The van der Waals surface area contributed by atoms with Gasteiger partial charge in [0.15, 0.2) is 0 Å². The highest BCUT2D eigenvalue weighted by Crippen LogP contribution is 2.33. The Morgan fingerprint density at radius 3 is 2.52 bits per heavy atom. The normalized spacial score (nSPS) is 15.1. The van der Waals surface area contributed by atoms with E-state index in [0.717, 1.165) is 12.0 Å². The number of hydrogen-bond donors (Lipinski definition) is 2. The molecule has 0 bridgehead atoms. The predicted molar refractivity (Wildman–Crippen MR) is 97.7 cm³/mol. The van der Waals surface area contributed by atoms with Crippen molar-refractivity contribution in [1.29, 1.82) is 0 Å². The Morgan fingerprint density at radius 1 is 1.00 bits per heavy atom. The van der Waals surface area contributed by atoms with E-state index in [9.17, 15) is 9.59 Å². The molecule has 1 aliphatic carbocycles. The van der Waals surface area contributed by atoms with Gasteiger partial charge in [-0.1, -0.05) is 54.6 Å². The fraction of sp³-hybridized carbons (Fsp3) is 0.143. The number of aromatic nitrogens is 1. The standard InChI is InChI=1S/C21H18N2O2/c24-20(22-13-16-12-15-8-4-5-9-17(15)16)18-10-11-19(23-21(18)25)14-6-2-1-3-7-14/h1-11,16H,12-13H2,(H,22,24)(H,23,25)/t16-/m1/s1. The Morgan fingerprint density at radius 2 is 1.76 bits per heavy atom. The lowest BCUT2D eigenvalue weighted by atomic mass is 9.77. The Balaban J connectivity index is 1.45. The Kier molecular flexibility index (Phi) is 3.94. The van der Waals surface area contributed by atoms with E-state index in [1.54, 1.807) is 12.1 Å². The molecule has 0 unspecified atom stereocenters. The quantitative estimate of drug-likeness (QED) is 0.772. The summed E-state index contributed by atoms with van der Waals surface area (Å²) >= 11 is 0. The summed E-state index contributed by atoms with van der Waals surface area (Å²) in [6, 6.07) is 21.2. The number of nitrogens with one attached hydrogen (secondary N) is 2. The third kappa shape index (κ3) is 2.98. The molecular weight excluding hydrogens is 312 g/mol. The van der Waals surface area contributed by atoms with Crippen molar-refractivity contribution in [3.8, 4) is 11.3 Å². The van der Waals surface area contributed by atoms with Gasteiger partial charge in [-0.3, -0.25) is 9.59 Å². The Bertz CT molecular complexity index is 976. The number of hydrogen-bond acceptors (Lipinski definition) is 2. The van der Waals surface area contributed by atoms with E-state index in [0.29, 0.717) is 18.2 Å². The topological polar surface area (TPSA) is 62.0 Å². The number of carbonyl (C=O) groups is 1. The molecule has 0 spiro atoms. The van der Waals surface area contributed by atoms with Gasteiger partial charge in [-0.2, -0.15) is 0 Å². The number of fused-ring (bicyclic) bond motifs is 1. The molecule has 1 aliphatic rings. The molecule has 0 saturated carbocycles. The molecule has 0 saturated heterocycles. The van der Waals surface area contributed by atoms with Crippen LogP contribution >= 0.6 is 0 Å². The molecule has 124 valence electrons. The molecule has 0 aliphatic heterocycles. The van der Waals surface area contributed by atoms with Crippen LogP contribution in [0.4, 0.5) is 0 Å². The van der Waals surface area contributed by atoms with Gasteiger partial charge in [0.2, 0.25) is 0 Å². The fourth-order valence-electron chi connectivity index (χ4n) is 3.29. The summed E-state index contributed by atoms with van der Waals surface area (Å²) in [4.78, 5) is 27.4. The minimum Gasteiger partial charge on any atom is -0.351 e. The second-order valence-corrected chi connectivity index (χ2v) is 6.29. The molecular formula is C21H18N2O2. The van der Waals surface area contributed by atoms with Crippen molar-refractivity contribution < 1.29 is 4.79 Å². The van der Waals surface area contributed by atoms with E-state index in [4.69, 9.17) is 0 Å². The van der Waals surface area contributed by atoms with E-state index < -0.39 is 0 Å². The number of carbonyl (C=O) groups excluding carboxylic acids is 1. The first-order chi connectivity index (χ1) is 12.2. The van der Waals surface area contributed by atoms with Crippen molar-refractivity contribution in [3.63, 3.8) is 0 Å². The molecule has 1 amide bonds. The van der Waals surface area contributed by atoms with Gasteiger partial charge >= 0.3 is 0 Å². The summed E-state index contributed by atoms with van der Waals surface area (Å²) < 4.78 is 0. The summed E-state index contributed by atoms with van der Waals surface area (Å²) in [7, 11) is 0. The summed E-state index contributed by atoms with van der Waals surface area (Å²) in [5.41, 5.74) is 4.02. The SMILES string of the molecule is O=C(NC[C@H]1Cc2ccccc21)c1ccc(-c2ccccc2)[nH]c1=O. The minimum atomic E-state index is -0.368. The second kappa shape index (κ2) is 6.40. The highest BCUT2D eigenvalue weighted by atomic mass is 16.2. The van der Waals surface area contributed by atoms with Crippen molar-refractivity contribution in [1.82, 2.24) is 10.3 Å². The smallest absolute Gasteiger partial charge is 0.261 e. The average molecular weight is 330 g/mol. The third-order valence-corrected chi connectivity index (χ3v) is 4.71. The van der Waals surface area contributed by atoms with E-state index in [-0.39, 0.29) is 17.0 Å². The minimum absolute atomic E-state index is 0.146. The lowest BCUT2D eigenvalue weighted by Crippen LogP contribution is -2.35. The lowest BCUT2D eigenvalue weighted by molar-refractivity contribution is 0.0948. The van der Waals surface area contributed by atoms with Gasteiger partial charge < -0.3 is 10.3 Å². The van der Waals surface area contributed by atoms with Gasteiger partial charge in [0.1, 0.15) is 5.56 Å². The molecule has 25 heavy (non-hydrogen) atoms. The maximum absolute atomic E-state index is 12.3. The largest absolute Gasteiger partial charge is 0.351 e. The van der Waals surface area contributed by atoms with E-state index in [1.807, 2.05) is 42.5 Å². The maximum atomic E-state index is 12.3. The van der Waals surface area contributed by atoms with E-state index >= 15 is 0 Å². The van der Waals surface area contributed by atoms with Crippen molar-refractivity contribution in [2.45, 2.75) is 12.3 Å². The molecule has 4 rings (SSSR count). The van der Waals surface area contributed by atoms with Crippen molar-refractivity contribution in [2.75, 3.05) is 6.54 Å². The summed E-state index contributed by atoms with van der Waals surface area (Å²) in [6.07, 6.45) is 0.972. The van der Waals surface area contributed by atoms with Crippen LogP contribution in [0.1, 0.15) is 27.4 Å². The monoisotopic (exact) mass is 330 g/mol. The number of amides is 1. The maximum Gasteiger partial charge on any atom is 0.261 e. The summed E-state index contributed by atoms with van der Waals surface area (Å²) in [5.74, 6) is 0.00747. The van der Waals surface area contributed by atoms with Crippen LogP contribution in [-0.4, -0.2) is 17.4 Å². The van der Waals surface area contributed by atoms with Crippen LogP contribution in [0.5, 0.6) is 0 Å². The van der Waals surface area contributed by atoms with Gasteiger partial charge in [0.25, 0.3) is 11.5 Å². The van der Waals surface area contributed by atoms with E-state index in [2.05, 4.69) is 22.4 Å². The lowest BCUT2D eigenvalue weighted by Gasteiger charge is -2.30. The molecule has 3 aromatic rings. The molecule has 1 heterocycles. The second-order valence-electron chi connectivity index (χ2n) is 6.29. The number of pyridine rings is 1. The first-order valence-electron chi connectivity index (χ1n) is 8.37. The van der Waals surface area contributed by atoms with Gasteiger partial charge in [-0.25, -0.2) is 0 Å². The van der Waals surface area contributed by atoms with Crippen LogP contribution in [0, 0.1) is 0 Å². The van der Waals surface area contributed by atoms with E-state index in [1.165, 1.54) is 11.1 Å².